The zero-order chi connectivity index (χ0) is 7.56. The number of carbonyl (C=O) groups excluding carboxylic acids is 1. The Morgan fingerprint density at radius 1 is 1.80 bits per heavy atom. The maximum atomic E-state index is 10.4. The number of hydrogen-bond donors (Lipinski definition) is 3. The molecule has 1 aliphatic rings. The highest BCUT2D eigenvalue weighted by atomic mass is 16.3. The van der Waals surface area contributed by atoms with Crippen molar-refractivity contribution in [3.8, 4) is 0 Å². The molecule has 4 N–H and O–H groups in total. The van der Waals surface area contributed by atoms with Gasteiger partial charge in [-0.3, -0.25) is 4.79 Å². The number of primary amides is 1. The van der Waals surface area contributed by atoms with Gasteiger partial charge in [-0.25, -0.2) is 0 Å². The molecular weight excluding hydrogens is 132 g/mol. The molecule has 58 valence electrons. The first-order chi connectivity index (χ1) is 4.68. The third-order valence-electron chi connectivity index (χ3n) is 1.65. The maximum absolute atomic E-state index is 10.4. The summed E-state index contributed by atoms with van der Waals surface area (Å²) >= 11 is 0. The van der Waals surface area contributed by atoms with Gasteiger partial charge in [0.2, 0.25) is 5.91 Å². The van der Waals surface area contributed by atoms with Gasteiger partial charge in [-0.05, 0) is 6.42 Å². The average molecular weight is 144 g/mol. The van der Waals surface area contributed by atoms with Gasteiger partial charge in [0, 0.05) is 19.0 Å². The molecule has 0 aliphatic carbocycles. The van der Waals surface area contributed by atoms with Crippen LogP contribution in [0.25, 0.3) is 0 Å². The van der Waals surface area contributed by atoms with Gasteiger partial charge in [0.1, 0.15) is 0 Å². The number of β-amino-alcohol motifs (C(OH)–C–C–N with tert-alkyl or cyclic N) is 1. The van der Waals surface area contributed by atoms with Crippen molar-refractivity contribution in [3.05, 3.63) is 0 Å². The van der Waals surface area contributed by atoms with Crippen LogP contribution in [0.1, 0.15) is 12.8 Å². The van der Waals surface area contributed by atoms with Crippen molar-refractivity contribution in [1.82, 2.24) is 5.32 Å². The number of nitrogens with two attached hydrogens (primary N) is 1. The highest BCUT2D eigenvalue weighted by molar-refractivity contribution is 5.74. The molecule has 0 spiro atoms. The Labute approximate surface area is 59.4 Å². The van der Waals surface area contributed by atoms with Crippen LogP contribution in [0.2, 0.25) is 0 Å². The molecule has 1 amide bonds. The summed E-state index contributed by atoms with van der Waals surface area (Å²) in [4.78, 5) is 10.4. The fourth-order valence-corrected chi connectivity index (χ4v) is 1.20. The van der Waals surface area contributed by atoms with Gasteiger partial charge in [-0.15, -0.1) is 0 Å². The van der Waals surface area contributed by atoms with E-state index in [-0.39, 0.29) is 18.1 Å². The van der Waals surface area contributed by atoms with Crippen molar-refractivity contribution in [2.75, 3.05) is 6.54 Å². The summed E-state index contributed by atoms with van der Waals surface area (Å²) in [6.45, 7) is 0.581. The molecule has 0 aromatic carbocycles. The predicted molar refractivity (Wildman–Crippen MR) is 36.2 cm³/mol. The van der Waals surface area contributed by atoms with Crippen LogP contribution in [0, 0.1) is 0 Å². The van der Waals surface area contributed by atoms with Crippen molar-refractivity contribution in [1.29, 1.82) is 0 Å². The number of carbonyl (C=O) groups is 1. The molecule has 0 bridgehead atoms. The van der Waals surface area contributed by atoms with E-state index in [1.54, 1.807) is 0 Å². The van der Waals surface area contributed by atoms with E-state index in [1.165, 1.54) is 0 Å². The zero-order valence-electron chi connectivity index (χ0n) is 5.71. The van der Waals surface area contributed by atoms with E-state index < -0.39 is 0 Å². The summed E-state index contributed by atoms with van der Waals surface area (Å²) < 4.78 is 0. The van der Waals surface area contributed by atoms with Gasteiger partial charge >= 0.3 is 0 Å². The Balaban J connectivity index is 2.24. The molecular formula is C6H12N2O2. The van der Waals surface area contributed by atoms with E-state index >= 15 is 0 Å². The second kappa shape index (κ2) is 2.98. The Morgan fingerprint density at radius 3 is 2.90 bits per heavy atom. The largest absolute Gasteiger partial charge is 0.392 e. The van der Waals surface area contributed by atoms with Crippen molar-refractivity contribution in [2.24, 2.45) is 5.73 Å². The van der Waals surface area contributed by atoms with Crippen molar-refractivity contribution in [2.45, 2.75) is 25.0 Å². The molecule has 0 aromatic heterocycles. The first-order valence-corrected chi connectivity index (χ1v) is 3.38. The van der Waals surface area contributed by atoms with E-state index in [9.17, 15) is 4.79 Å². The third kappa shape index (κ3) is 1.97. The highest BCUT2D eigenvalue weighted by Gasteiger charge is 2.22. The number of aliphatic hydroxyl groups excluding tert-OH is 1. The first-order valence-electron chi connectivity index (χ1n) is 3.38. The van der Waals surface area contributed by atoms with Gasteiger partial charge < -0.3 is 16.2 Å². The molecule has 1 rings (SSSR count). The van der Waals surface area contributed by atoms with Crippen molar-refractivity contribution < 1.29 is 9.90 Å². The van der Waals surface area contributed by atoms with Gasteiger partial charge in [0.25, 0.3) is 0 Å². The van der Waals surface area contributed by atoms with Gasteiger partial charge in [-0.1, -0.05) is 0 Å². The quantitative estimate of drug-likeness (QED) is 0.445. The number of nitrogens with one attached hydrogen (secondary N) is 1. The SMILES string of the molecule is NC(=O)C[C@H]1C[C@H](O)CN1. The Morgan fingerprint density at radius 2 is 2.50 bits per heavy atom. The fourth-order valence-electron chi connectivity index (χ4n) is 1.20. The highest BCUT2D eigenvalue weighted by Crippen LogP contribution is 2.08. The first kappa shape index (κ1) is 7.50. The molecule has 2 atom stereocenters. The number of hydrogen-bond acceptors (Lipinski definition) is 3. The summed E-state index contributed by atoms with van der Waals surface area (Å²) in [5, 5.41) is 12.0. The molecule has 1 heterocycles. The molecule has 4 nitrogen and oxygen atoms in total. The Kier molecular flexibility index (Phi) is 2.24. The molecule has 4 heteroatoms. The van der Waals surface area contributed by atoms with Crippen LogP contribution in [0.3, 0.4) is 0 Å². The minimum Gasteiger partial charge on any atom is -0.392 e. The second-order valence-corrected chi connectivity index (χ2v) is 2.67. The molecule has 1 saturated heterocycles. The summed E-state index contributed by atoms with van der Waals surface area (Å²) in [5.74, 6) is -0.313. The Bertz CT molecular complexity index is 138. The predicted octanol–water partition coefficient (Wildman–Crippen LogP) is -1.42. The van der Waals surface area contributed by atoms with E-state index in [2.05, 4.69) is 5.32 Å². The van der Waals surface area contributed by atoms with Gasteiger partial charge in [0.15, 0.2) is 0 Å². The number of aliphatic hydroxyl groups is 1. The van der Waals surface area contributed by atoms with E-state index in [0.29, 0.717) is 19.4 Å². The minimum absolute atomic E-state index is 0.0903. The lowest BCUT2D eigenvalue weighted by Crippen LogP contribution is -2.27. The zero-order valence-corrected chi connectivity index (χ0v) is 5.71. The summed E-state index contributed by atoms with van der Waals surface area (Å²) in [7, 11) is 0. The third-order valence-corrected chi connectivity index (χ3v) is 1.65. The lowest BCUT2D eigenvalue weighted by atomic mass is 10.1. The van der Waals surface area contributed by atoms with Crippen LogP contribution in [0.5, 0.6) is 0 Å². The number of rotatable bonds is 2. The van der Waals surface area contributed by atoms with E-state index in [4.69, 9.17) is 10.8 Å². The van der Waals surface area contributed by atoms with Crippen molar-refractivity contribution >= 4 is 5.91 Å². The molecule has 0 unspecified atom stereocenters. The van der Waals surface area contributed by atoms with Crippen LogP contribution in [0.15, 0.2) is 0 Å². The Hall–Kier alpha value is -0.610. The van der Waals surface area contributed by atoms with E-state index in [1.807, 2.05) is 0 Å². The summed E-state index contributed by atoms with van der Waals surface area (Å²) in [6, 6.07) is 0.0903. The monoisotopic (exact) mass is 144 g/mol. The lowest BCUT2D eigenvalue weighted by molar-refractivity contribution is -0.118. The fraction of sp³-hybridized carbons (Fsp3) is 0.833. The minimum atomic E-state index is -0.313. The normalized spacial score (nSPS) is 32.5. The lowest BCUT2D eigenvalue weighted by Gasteiger charge is -2.04. The smallest absolute Gasteiger partial charge is 0.218 e. The standard InChI is InChI=1S/C6H12N2O2/c7-6(10)2-4-1-5(9)3-8-4/h4-5,8-9H,1-3H2,(H2,7,10)/t4-,5+/m1/s1. The average Bonchev–Trinajstić information content (AvgIpc) is 2.13. The molecule has 1 fully saturated rings. The maximum Gasteiger partial charge on any atom is 0.218 e. The van der Waals surface area contributed by atoms with Crippen LogP contribution in [0.4, 0.5) is 0 Å². The van der Waals surface area contributed by atoms with Crippen molar-refractivity contribution in [3.63, 3.8) is 0 Å². The number of amides is 1. The second-order valence-electron chi connectivity index (χ2n) is 2.67. The summed E-state index contributed by atoms with van der Waals surface area (Å²) in [6.07, 6.45) is 0.671. The molecule has 0 saturated carbocycles. The molecule has 0 aromatic rings. The van der Waals surface area contributed by atoms with E-state index in [0.717, 1.165) is 0 Å². The molecule has 0 radical (unpaired) electrons. The van der Waals surface area contributed by atoms with Crippen LogP contribution in [-0.4, -0.2) is 29.7 Å². The van der Waals surface area contributed by atoms with Crippen LogP contribution < -0.4 is 11.1 Å². The molecule has 1 aliphatic heterocycles. The summed E-state index contributed by atoms with van der Waals surface area (Å²) in [5.41, 5.74) is 4.96. The topological polar surface area (TPSA) is 75.4 Å². The van der Waals surface area contributed by atoms with Crippen LogP contribution in [-0.2, 0) is 4.79 Å². The van der Waals surface area contributed by atoms with Crippen LogP contribution >= 0.6 is 0 Å². The van der Waals surface area contributed by atoms with Gasteiger partial charge in [-0.2, -0.15) is 0 Å². The van der Waals surface area contributed by atoms with Gasteiger partial charge in [0.05, 0.1) is 6.10 Å². The molecule has 10 heavy (non-hydrogen) atoms.